The fraction of sp³-hybridized carbons (Fsp3) is 0.571. The Balaban J connectivity index is 2.09. The molecule has 0 spiro atoms. The normalized spacial score (nSPS) is 23.8. The molecule has 21 heavy (non-hydrogen) atoms. The van der Waals surface area contributed by atoms with Gasteiger partial charge in [0.1, 0.15) is 0 Å². The standard InChI is InChI=1S/C14H19F2NO3S/c15-14(16)21(19,20)11-8-6-10(7-9-11)17-12-4-2-1-3-5-13(12)18/h6-9,12-14,17-18H,1-5H2. The molecule has 7 heteroatoms. The third-order valence-corrected chi connectivity index (χ3v) is 5.15. The first kappa shape index (κ1) is 16.2. The minimum atomic E-state index is -4.55. The molecule has 0 saturated heterocycles. The van der Waals surface area contributed by atoms with Crippen LogP contribution in [0.5, 0.6) is 0 Å². The Labute approximate surface area is 123 Å². The maximum atomic E-state index is 12.4. The van der Waals surface area contributed by atoms with Crippen molar-refractivity contribution < 1.29 is 22.3 Å². The van der Waals surface area contributed by atoms with E-state index in [0.717, 1.165) is 44.2 Å². The molecule has 0 amide bonds. The lowest BCUT2D eigenvalue weighted by atomic mass is 10.1. The van der Waals surface area contributed by atoms with Crippen molar-refractivity contribution in [1.82, 2.24) is 0 Å². The molecule has 2 rings (SSSR count). The molecule has 0 aliphatic heterocycles. The summed E-state index contributed by atoms with van der Waals surface area (Å²) in [5.74, 6) is -3.42. The number of aliphatic hydroxyl groups is 1. The molecular weight excluding hydrogens is 300 g/mol. The van der Waals surface area contributed by atoms with E-state index in [1.54, 1.807) is 0 Å². The van der Waals surface area contributed by atoms with E-state index in [4.69, 9.17) is 0 Å². The van der Waals surface area contributed by atoms with Gasteiger partial charge in [0, 0.05) is 5.69 Å². The number of hydrogen-bond acceptors (Lipinski definition) is 4. The largest absolute Gasteiger partial charge is 0.391 e. The highest BCUT2D eigenvalue weighted by Gasteiger charge is 2.26. The second kappa shape index (κ2) is 6.70. The van der Waals surface area contributed by atoms with Crippen LogP contribution in [-0.4, -0.2) is 31.4 Å². The first-order valence-electron chi connectivity index (χ1n) is 6.98. The average Bonchev–Trinajstić information content (AvgIpc) is 2.65. The minimum absolute atomic E-state index is 0.0925. The monoisotopic (exact) mass is 319 g/mol. The van der Waals surface area contributed by atoms with Gasteiger partial charge >= 0.3 is 5.76 Å². The van der Waals surface area contributed by atoms with Gasteiger partial charge in [0.2, 0.25) is 9.84 Å². The van der Waals surface area contributed by atoms with Crippen LogP contribution in [0.3, 0.4) is 0 Å². The lowest BCUT2D eigenvalue weighted by Crippen LogP contribution is -2.32. The SMILES string of the molecule is O=S(=O)(c1ccc(NC2CCCCCC2O)cc1)C(F)F. The van der Waals surface area contributed by atoms with Crippen molar-refractivity contribution in [2.75, 3.05) is 5.32 Å². The van der Waals surface area contributed by atoms with Crippen molar-refractivity contribution in [1.29, 1.82) is 0 Å². The van der Waals surface area contributed by atoms with E-state index in [0.29, 0.717) is 5.69 Å². The van der Waals surface area contributed by atoms with E-state index in [1.807, 2.05) is 0 Å². The molecular formula is C14H19F2NO3S. The molecule has 0 radical (unpaired) electrons. The number of benzene rings is 1. The Morgan fingerprint density at radius 3 is 2.33 bits per heavy atom. The summed E-state index contributed by atoms with van der Waals surface area (Å²) >= 11 is 0. The molecule has 2 N–H and O–H groups in total. The molecule has 1 aliphatic carbocycles. The van der Waals surface area contributed by atoms with Crippen molar-refractivity contribution in [3.8, 4) is 0 Å². The Bertz CT molecular complexity index is 560. The number of nitrogens with one attached hydrogen (secondary N) is 1. The maximum absolute atomic E-state index is 12.4. The lowest BCUT2D eigenvalue weighted by Gasteiger charge is -2.23. The van der Waals surface area contributed by atoms with Crippen LogP contribution < -0.4 is 5.32 Å². The summed E-state index contributed by atoms with van der Waals surface area (Å²) in [5, 5.41) is 13.2. The summed E-state index contributed by atoms with van der Waals surface area (Å²) in [7, 11) is -4.55. The number of rotatable bonds is 4. The number of aliphatic hydroxyl groups excluding tert-OH is 1. The Morgan fingerprint density at radius 1 is 1.10 bits per heavy atom. The Morgan fingerprint density at radius 2 is 1.71 bits per heavy atom. The summed E-state index contributed by atoms with van der Waals surface area (Å²) < 4.78 is 47.5. The second-order valence-electron chi connectivity index (χ2n) is 5.29. The summed E-state index contributed by atoms with van der Waals surface area (Å²) in [5.41, 5.74) is 0.620. The molecule has 2 unspecified atom stereocenters. The fourth-order valence-electron chi connectivity index (χ4n) is 2.51. The van der Waals surface area contributed by atoms with Crippen LogP contribution in [0.25, 0.3) is 0 Å². The molecule has 118 valence electrons. The van der Waals surface area contributed by atoms with Crippen molar-refractivity contribution in [2.24, 2.45) is 0 Å². The van der Waals surface area contributed by atoms with Crippen molar-refractivity contribution in [3.63, 3.8) is 0 Å². The third kappa shape index (κ3) is 3.91. The predicted octanol–water partition coefficient (Wildman–Crippen LogP) is 2.79. The number of sulfone groups is 1. The molecule has 0 aromatic heterocycles. The van der Waals surface area contributed by atoms with Gasteiger partial charge in [-0.05, 0) is 37.1 Å². The Kier molecular flexibility index (Phi) is 5.16. The van der Waals surface area contributed by atoms with Gasteiger partial charge in [0.15, 0.2) is 0 Å². The Hall–Kier alpha value is -1.21. The molecule has 1 aliphatic rings. The highest BCUT2D eigenvalue weighted by Crippen LogP contribution is 2.24. The number of alkyl halides is 2. The smallest absolute Gasteiger partial charge is 0.341 e. The zero-order chi connectivity index (χ0) is 15.5. The first-order valence-corrected chi connectivity index (χ1v) is 8.52. The third-order valence-electron chi connectivity index (χ3n) is 3.75. The zero-order valence-electron chi connectivity index (χ0n) is 11.5. The average molecular weight is 319 g/mol. The molecule has 2 atom stereocenters. The molecule has 0 bridgehead atoms. The van der Waals surface area contributed by atoms with Crippen LogP contribution in [0.15, 0.2) is 29.2 Å². The molecule has 4 nitrogen and oxygen atoms in total. The molecule has 1 fully saturated rings. The van der Waals surface area contributed by atoms with Crippen LogP contribution in [-0.2, 0) is 9.84 Å². The topological polar surface area (TPSA) is 66.4 Å². The van der Waals surface area contributed by atoms with Gasteiger partial charge in [-0.2, -0.15) is 8.78 Å². The van der Waals surface area contributed by atoms with Crippen LogP contribution in [0.1, 0.15) is 32.1 Å². The van der Waals surface area contributed by atoms with Gasteiger partial charge in [-0.25, -0.2) is 8.42 Å². The van der Waals surface area contributed by atoms with Crippen LogP contribution >= 0.6 is 0 Å². The summed E-state index contributed by atoms with van der Waals surface area (Å²) in [6.45, 7) is 0. The first-order chi connectivity index (χ1) is 9.91. The molecule has 1 saturated carbocycles. The van der Waals surface area contributed by atoms with Crippen molar-refractivity contribution in [3.05, 3.63) is 24.3 Å². The van der Waals surface area contributed by atoms with E-state index < -0.39 is 26.6 Å². The van der Waals surface area contributed by atoms with Gasteiger partial charge in [-0.15, -0.1) is 0 Å². The number of halogens is 2. The van der Waals surface area contributed by atoms with Crippen LogP contribution in [0.4, 0.5) is 14.5 Å². The summed E-state index contributed by atoms with van der Waals surface area (Å²) in [6.07, 6.45) is 4.21. The molecule has 1 aromatic carbocycles. The van der Waals surface area contributed by atoms with Gasteiger partial charge in [0.05, 0.1) is 17.0 Å². The van der Waals surface area contributed by atoms with Gasteiger partial charge in [-0.3, -0.25) is 0 Å². The maximum Gasteiger partial charge on any atom is 0.341 e. The van der Waals surface area contributed by atoms with E-state index in [2.05, 4.69) is 5.32 Å². The van der Waals surface area contributed by atoms with Crippen molar-refractivity contribution >= 4 is 15.5 Å². The highest BCUT2D eigenvalue weighted by molar-refractivity contribution is 7.91. The predicted molar refractivity (Wildman–Crippen MR) is 76.1 cm³/mol. The fourth-order valence-corrected chi connectivity index (χ4v) is 3.24. The number of anilines is 1. The van der Waals surface area contributed by atoms with Gasteiger partial charge < -0.3 is 10.4 Å². The van der Waals surface area contributed by atoms with Crippen LogP contribution in [0.2, 0.25) is 0 Å². The summed E-state index contributed by atoms with van der Waals surface area (Å²) in [4.78, 5) is -0.399. The molecule has 0 heterocycles. The van der Waals surface area contributed by atoms with Gasteiger partial charge in [0.25, 0.3) is 0 Å². The van der Waals surface area contributed by atoms with Gasteiger partial charge in [-0.1, -0.05) is 19.3 Å². The van der Waals surface area contributed by atoms with E-state index in [9.17, 15) is 22.3 Å². The number of hydrogen-bond donors (Lipinski definition) is 2. The van der Waals surface area contributed by atoms with Crippen molar-refractivity contribution in [2.45, 2.75) is 54.9 Å². The van der Waals surface area contributed by atoms with E-state index >= 15 is 0 Å². The summed E-state index contributed by atoms with van der Waals surface area (Å²) in [6, 6.07) is 5.13. The highest BCUT2D eigenvalue weighted by atomic mass is 32.2. The zero-order valence-corrected chi connectivity index (χ0v) is 12.3. The molecule has 1 aromatic rings. The van der Waals surface area contributed by atoms with E-state index in [-0.39, 0.29) is 6.04 Å². The quantitative estimate of drug-likeness (QED) is 0.838. The van der Waals surface area contributed by atoms with Crippen LogP contribution in [0, 0.1) is 0 Å². The second-order valence-corrected chi connectivity index (χ2v) is 7.20. The minimum Gasteiger partial charge on any atom is -0.391 e. The van der Waals surface area contributed by atoms with E-state index in [1.165, 1.54) is 12.1 Å². The lowest BCUT2D eigenvalue weighted by molar-refractivity contribution is 0.144.